The van der Waals surface area contributed by atoms with Crippen molar-refractivity contribution >= 4 is 21.6 Å². The monoisotopic (exact) mass is 327 g/mol. The van der Waals surface area contributed by atoms with Crippen molar-refractivity contribution in [3.05, 3.63) is 64.1 Å². The Morgan fingerprint density at radius 1 is 1.11 bits per heavy atom. The predicted octanol–water partition coefficient (Wildman–Crippen LogP) is 3.87. The van der Waals surface area contributed by atoms with Crippen LogP contribution >= 0.6 is 15.9 Å². The lowest BCUT2D eigenvalue weighted by Crippen LogP contribution is -2.12. The van der Waals surface area contributed by atoms with E-state index in [1.54, 1.807) is 12.1 Å². The van der Waals surface area contributed by atoms with Crippen LogP contribution < -0.4 is 5.32 Å². The van der Waals surface area contributed by atoms with E-state index in [1.807, 2.05) is 12.1 Å². The Hall–Kier alpha value is -1.46. The topological polar surface area (TPSA) is 32.3 Å². The van der Waals surface area contributed by atoms with Gasteiger partial charge in [-0.05, 0) is 29.8 Å². The van der Waals surface area contributed by atoms with Crippen molar-refractivity contribution in [3.63, 3.8) is 0 Å². The van der Waals surface area contributed by atoms with Crippen LogP contribution in [0.5, 0.6) is 0 Å². The van der Waals surface area contributed by atoms with Gasteiger partial charge in [0.05, 0.1) is 6.10 Å². The minimum absolute atomic E-state index is 0.166. The van der Waals surface area contributed by atoms with Crippen molar-refractivity contribution in [1.29, 1.82) is 0 Å². The maximum Gasteiger partial charge on any atom is 0.128 e. The summed E-state index contributed by atoms with van der Waals surface area (Å²) in [5.41, 5.74) is 1.02. The third kappa shape index (κ3) is 4.01. The van der Waals surface area contributed by atoms with Crippen molar-refractivity contribution in [2.75, 3.05) is 11.9 Å². The van der Waals surface area contributed by atoms with E-state index >= 15 is 0 Å². The van der Waals surface area contributed by atoms with E-state index in [-0.39, 0.29) is 6.54 Å². The number of halogens is 3. The molecule has 2 rings (SSSR count). The molecule has 2 N–H and O–H groups in total. The molecule has 1 atom stereocenters. The van der Waals surface area contributed by atoms with Crippen LogP contribution in [0, 0.1) is 11.6 Å². The summed E-state index contributed by atoms with van der Waals surface area (Å²) in [5.74, 6) is -1.31. The number of nitrogens with one attached hydrogen (secondary N) is 1. The van der Waals surface area contributed by atoms with Gasteiger partial charge in [-0.25, -0.2) is 8.78 Å². The number of aliphatic hydroxyl groups is 1. The van der Waals surface area contributed by atoms with Crippen LogP contribution in [0.15, 0.2) is 46.9 Å². The molecule has 0 fully saturated rings. The van der Waals surface area contributed by atoms with Crippen LogP contribution in [0.2, 0.25) is 0 Å². The molecule has 1 unspecified atom stereocenters. The lowest BCUT2D eigenvalue weighted by Gasteiger charge is -2.13. The first-order valence-corrected chi connectivity index (χ1v) is 6.47. The molecule has 100 valence electrons. The second-order valence-electron chi connectivity index (χ2n) is 4.11. The first kappa shape index (κ1) is 14.0. The summed E-state index contributed by atoms with van der Waals surface area (Å²) in [6.45, 7) is 0.166. The Morgan fingerprint density at radius 2 is 1.79 bits per heavy atom. The summed E-state index contributed by atoms with van der Waals surface area (Å²) in [6.07, 6.45) is -0.760. The molecule has 0 spiro atoms. The van der Waals surface area contributed by atoms with E-state index < -0.39 is 17.7 Å². The zero-order chi connectivity index (χ0) is 13.8. The van der Waals surface area contributed by atoms with Gasteiger partial charge in [0, 0.05) is 22.8 Å². The summed E-state index contributed by atoms with van der Waals surface area (Å²) < 4.78 is 26.8. The standard InChI is InChI=1S/C14H12BrF2NO/c15-10-3-1-2-9(4-10)14(19)8-18-13-6-11(16)5-12(17)7-13/h1-7,14,18-19H,8H2. The van der Waals surface area contributed by atoms with Crippen LogP contribution in [-0.2, 0) is 0 Å². The van der Waals surface area contributed by atoms with E-state index in [1.165, 1.54) is 12.1 Å². The second-order valence-corrected chi connectivity index (χ2v) is 5.03. The molecule has 19 heavy (non-hydrogen) atoms. The fourth-order valence-corrected chi connectivity index (χ4v) is 2.12. The summed E-state index contributed by atoms with van der Waals surface area (Å²) >= 11 is 3.31. The number of hydrogen-bond acceptors (Lipinski definition) is 2. The maximum atomic E-state index is 13.0. The Bertz CT molecular complexity index is 557. The molecule has 0 saturated carbocycles. The molecule has 0 amide bonds. The Morgan fingerprint density at radius 3 is 2.42 bits per heavy atom. The van der Waals surface area contributed by atoms with Crippen molar-refractivity contribution in [3.8, 4) is 0 Å². The van der Waals surface area contributed by atoms with Gasteiger partial charge in [-0.3, -0.25) is 0 Å². The largest absolute Gasteiger partial charge is 0.387 e. The van der Waals surface area contributed by atoms with Crippen LogP contribution in [0.3, 0.4) is 0 Å². The van der Waals surface area contributed by atoms with Gasteiger partial charge in [0.1, 0.15) is 11.6 Å². The molecule has 0 heterocycles. The molecule has 0 radical (unpaired) electrons. The first-order valence-electron chi connectivity index (χ1n) is 5.68. The van der Waals surface area contributed by atoms with Gasteiger partial charge in [-0.15, -0.1) is 0 Å². The molecule has 5 heteroatoms. The highest BCUT2D eigenvalue weighted by molar-refractivity contribution is 9.10. The highest BCUT2D eigenvalue weighted by Crippen LogP contribution is 2.19. The van der Waals surface area contributed by atoms with E-state index in [4.69, 9.17) is 0 Å². The minimum atomic E-state index is -0.760. The van der Waals surface area contributed by atoms with E-state index in [0.717, 1.165) is 16.1 Å². The van der Waals surface area contributed by atoms with Crippen LogP contribution in [-0.4, -0.2) is 11.7 Å². The van der Waals surface area contributed by atoms with Gasteiger partial charge in [0.15, 0.2) is 0 Å². The fourth-order valence-electron chi connectivity index (χ4n) is 1.70. The molecule has 0 saturated heterocycles. The quantitative estimate of drug-likeness (QED) is 0.893. The normalized spacial score (nSPS) is 12.2. The Labute approximate surface area is 118 Å². The van der Waals surface area contributed by atoms with Gasteiger partial charge in [-0.1, -0.05) is 28.1 Å². The number of hydrogen-bond donors (Lipinski definition) is 2. The lowest BCUT2D eigenvalue weighted by atomic mass is 10.1. The molecule has 0 aliphatic carbocycles. The highest BCUT2D eigenvalue weighted by Gasteiger charge is 2.08. The summed E-state index contributed by atoms with van der Waals surface area (Å²) in [4.78, 5) is 0. The van der Waals surface area contributed by atoms with Crippen LogP contribution in [0.25, 0.3) is 0 Å². The Balaban J connectivity index is 2.02. The number of anilines is 1. The molecule has 0 bridgehead atoms. The minimum Gasteiger partial charge on any atom is -0.387 e. The Kier molecular flexibility index (Phi) is 4.50. The summed E-state index contributed by atoms with van der Waals surface area (Å²) in [7, 11) is 0. The average Bonchev–Trinajstić information content (AvgIpc) is 2.35. The van der Waals surface area contributed by atoms with Gasteiger partial charge in [0.25, 0.3) is 0 Å². The number of benzene rings is 2. The molecular formula is C14H12BrF2NO. The molecule has 0 aromatic heterocycles. The molecule has 0 aliphatic rings. The highest BCUT2D eigenvalue weighted by atomic mass is 79.9. The third-order valence-corrected chi connectivity index (χ3v) is 3.09. The van der Waals surface area contributed by atoms with Crippen molar-refractivity contribution in [2.24, 2.45) is 0 Å². The molecule has 0 aliphatic heterocycles. The van der Waals surface area contributed by atoms with Crippen LogP contribution in [0.1, 0.15) is 11.7 Å². The zero-order valence-electron chi connectivity index (χ0n) is 9.91. The van der Waals surface area contributed by atoms with Gasteiger partial charge < -0.3 is 10.4 Å². The smallest absolute Gasteiger partial charge is 0.128 e. The van der Waals surface area contributed by atoms with Crippen LogP contribution in [0.4, 0.5) is 14.5 Å². The SMILES string of the molecule is OC(CNc1cc(F)cc(F)c1)c1cccc(Br)c1. The molecule has 2 nitrogen and oxygen atoms in total. The summed E-state index contributed by atoms with van der Waals surface area (Å²) in [5, 5.41) is 12.8. The zero-order valence-corrected chi connectivity index (χ0v) is 11.5. The fraction of sp³-hybridized carbons (Fsp3) is 0.143. The second kappa shape index (κ2) is 6.12. The predicted molar refractivity (Wildman–Crippen MR) is 73.9 cm³/mol. The van der Waals surface area contributed by atoms with Crippen molar-refractivity contribution < 1.29 is 13.9 Å². The number of rotatable bonds is 4. The molecule has 2 aromatic rings. The van der Waals surface area contributed by atoms with Gasteiger partial charge in [0.2, 0.25) is 0 Å². The summed E-state index contributed by atoms with van der Waals surface area (Å²) in [6, 6.07) is 10.4. The van der Waals surface area contributed by atoms with E-state index in [0.29, 0.717) is 5.69 Å². The number of aliphatic hydroxyl groups excluding tert-OH is 1. The van der Waals surface area contributed by atoms with Crippen molar-refractivity contribution in [1.82, 2.24) is 0 Å². The van der Waals surface area contributed by atoms with E-state index in [2.05, 4.69) is 21.2 Å². The molecular weight excluding hydrogens is 316 g/mol. The average molecular weight is 328 g/mol. The first-order chi connectivity index (χ1) is 9.04. The molecule has 2 aromatic carbocycles. The van der Waals surface area contributed by atoms with E-state index in [9.17, 15) is 13.9 Å². The maximum absolute atomic E-state index is 13.0. The lowest BCUT2D eigenvalue weighted by molar-refractivity contribution is 0.191. The van der Waals surface area contributed by atoms with Crippen molar-refractivity contribution in [2.45, 2.75) is 6.10 Å². The van der Waals surface area contributed by atoms with Gasteiger partial charge in [-0.2, -0.15) is 0 Å². The van der Waals surface area contributed by atoms with Gasteiger partial charge >= 0.3 is 0 Å². The third-order valence-electron chi connectivity index (χ3n) is 2.60.